The molecule has 40 heavy (non-hydrogen) atoms. The van der Waals surface area contributed by atoms with Crippen molar-refractivity contribution in [1.82, 2.24) is 14.5 Å². The predicted molar refractivity (Wildman–Crippen MR) is 168 cm³/mol. The molecule has 7 heteroatoms. The standard InChI is InChI=1S/C33H42BrN3O2S/c1-22-19-25(16-15-23(22)13-12-18-38)39-21-26-27(34)36-28(37(26)24-14-11-17-35-20-24)40-33(10)31(6,7)29(2,3)30(4,5)32(33,8)9/h11,14-17,19-20,38H,18,21H2,1-10H3. The number of thioether (sulfide) groups is 1. The van der Waals surface area contributed by atoms with Crippen LogP contribution in [0, 0.1) is 40.4 Å². The summed E-state index contributed by atoms with van der Waals surface area (Å²) in [5.41, 5.74) is 3.88. The quantitative estimate of drug-likeness (QED) is 0.280. The van der Waals surface area contributed by atoms with E-state index in [2.05, 4.69) is 106 Å². The number of aliphatic hydroxyl groups excluding tert-OH is 1. The molecule has 1 saturated carbocycles. The average Bonchev–Trinajstić information content (AvgIpc) is 3.22. The maximum Gasteiger partial charge on any atom is 0.174 e. The van der Waals surface area contributed by atoms with Crippen LogP contribution in [-0.2, 0) is 6.61 Å². The highest BCUT2D eigenvalue weighted by molar-refractivity contribution is 9.10. The van der Waals surface area contributed by atoms with E-state index < -0.39 is 0 Å². The lowest BCUT2D eigenvalue weighted by Crippen LogP contribution is -2.47. The highest BCUT2D eigenvalue weighted by Crippen LogP contribution is 2.78. The molecule has 0 saturated heterocycles. The zero-order valence-corrected chi connectivity index (χ0v) is 27.8. The van der Waals surface area contributed by atoms with E-state index in [9.17, 15) is 0 Å². The maximum absolute atomic E-state index is 9.03. The topological polar surface area (TPSA) is 60.2 Å². The van der Waals surface area contributed by atoms with Gasteiger partial charge < -0.3 is 9.84 Å². The molecular formula is C33H42BrN3O2S. The molecule has 0 amide bonds. The van der Waals surface area contributed by atoms with Gasteiger partial charge in [-0.05, 0) is 87.3 Å². The number of halogens is 1. The van der Waals surface area contributed by atoms with Gasteiger partial charge in [0.1, 0.15) is 23.6 Å². The monoisotopic (exact) mass is 623 g/mol. The van der Waals surface area contributed by atoms with Crippen LogP contribution in [-0.4, -0.2) is 31.0 Å². The fourth-order valence-electron chi connectivity index (χ4n) is 6.48. The van der Waals surface area contributed by atoms with Crippen molar-refractivity contribution in [3.05, 3.63) is 64.1 Å². The number of aliphatic hydroxyl groups is 1. The largest absolute Gasteiger partial charge is 0.487 e. The van der Waals surface area contributed by atoms with Gasteiger partial charge in [-0.15, -0.1) is 0 Å². The van der Waals surface area contributed by atoms with E-state index in [0.717, 1.165) is 38.0 Å². The molecule has 1 aromatic carbocycles. The van der Waals surface area contributed by atoms with Crippen LogP contribution in [0.25, 0.3) is 5.69 Å². The second-order valence-corrected chi connectivity index (χ2v) is 15.2. The first-order valence-electron chi connectivity index (χ1n) is 13.7. The Morgan fingerprint density at radius 2 is 1.62 bits per heavy atom. The molecule has 2 aromatic heterocycles. The van der Waals surface area contributed by atoms with Crippen molar-refractivity contribution in [1.29, 1.82) is 0 Å². The zero-order valence-electron chi connectivity index (χ0n) is 25.4. The van der Waals surface area contributed by atoms with Crippen molar-refractivity contribution in [3.63, 3.8) is 0 Å². The molecule has 0 radical (unpaired) electrons. The molecule has 0 unspecified atom stereocenters. The van der Waals surface area contributed by atoms with E-state index in [-0.39, 0.29) is 33.0 Å². The van der Waals surface area contributed by atoms with Crippen molar-refractivity contribution in [2.75, 3.05) is 6.61 Å². The molecule has 4 rings (SSSR count). The second-order valence-electron chi connectivity index (χ2n) is 13.0. The smallest absolute Gasteiger partial charge is 0.174 e. The van der Waals surface area contributed by atoms with Crippen LogP contribution in [0.4, 0.5) is 0 Å². The summed E-state index contributed by atoms with van der Waals surface area (Å²) >= 11 is 5.64. The van der Waals surface area contributed by atoms with Crippen molar-refractivity contribution in [2.45, 2.75) is 85.7 Å². The number of rotatable bonds is 6. The molecule has 2 heterocycles. The molecule has 1 aliphatic carbocycles. The maximum atomic E-state index is 9.03. The van der Waals surface area contributed by atoms with E-state index in [4.69, 9.17) is 14.8 Å². The third-order valence-electron chi connectivity index (χ3n) is 11.0. The Bertz CT molecular complexity index is 1440. The van der Waals surface area contributed by atoms with Crippen molar-refractivity contribution < 1.29 is 9.84 Å². The molecule has 0 spiro atoms. The lowest BCUT2D eigenvalue weighted by molar-refractivity contribution is 0.0135. The third kappa shape index (κ3) is 4.51. The highest BCUT2D eigenvalue weighted by Gasteiger charge is 2.74. The number of aryl methyl sites for hydroxylation is 1. The van der Waals surface area contributed by atoms with E-state index in [1.54, 1.807) is 6.20 Å². The summed E-state index contributed by atoms with van der Waals surface area (Å²) in [6, 6.07) is 9.84. The van der Waals surface area contributed by atoms with Crippen molar-refractivity contribution >= 4 is 27.7 Å². The number of imidazole rings is 1. The first-order chi connectivity index (χ1) is 18.5. The number of ether oxygens (including phenoxy) is 1. The van der Waals surface area contributed by atoms with Crippen LogP contribution in [0.3, 0.4) is 0 Å². The molecule has 214 valence electrons. The molecule has 0 atom stereocenters. The number of benzene rings is 1. The summed E-state index contributed by atoms with van der Waals surface area (Å²) in [6.07, 6.45) is 3.67. The zero-order chi connectivity index (χ0) is 29.7. The van der Waals surface area contributed by atoms with Gasteiger partial charge in [0.15, 0.2) is 5.16 Å². The molecule has 0 bridgehead atoms. The Morgan fingerprint density at radius 1 is 0.975 bits per heavy atom. The van der Waals surface area contributed by atoms with Gasteiger partial charge in [0.25, 0.3) is 0 Å². The van der Waals surface area contributed by atoms with Crippen LogP contribution in [0.2, 0.25) is 0 Å². The summed E-state index contributed by atoms with van der Waals surface area (Å²) in [4.78, 5) is 9.52. The van der Waals surface area contributed by atoms with Crippen LogP contribution in [0.1, 0.15) is 79.1 Å². The van der Waals surface area contributed by atoms with Gasteiger partial charge in [-0.3, -0.25) is 9.55 Å². The van der Waals surface area contributed by atoms with Gasteiger partial charge in [-0.2, -0.15) is 0 Å². The Morgan fingerprint density at radius 3 is 2.17 bits per heavy atom. The Balaban J connectivity index is 1.77. The molecule has 5 nitrogen and oxygen atoms in total. The number of nitrogens with zero attached hydrogens (tertiary/aromatic N) is 3. The third-order valence-corrected chi connectivity index (χ3v) is 13.6. The molecular weight excluding hydrogens is 582 g/mol. The van der Waals surface area contributed by atoms with Gasteiger partial charge in [0.2, 0.25) is 0 Å². The van der Waals surface area contributed by atoms with Crippen LogP contribution in [0.5, 0.6) is 5.75 Å². The fraction of sp³-hybridized carbons (Fsp3) is 0.515. The first-order valence-corrected chi connectivity index (χ1v) is 15.3. The minimum absolute atomic E-state index is 0.00921. The molecule has 0 aliphatic heterocycles. The lowest BCUT2D eigenvalue weighted by Gasteiger charge is -2.49. The summed E-state index contributed by atoms with van der Waals surface area (Å²) in [5, 5.41) is 9.95. The molecule has 3 aromatic rings. The fourth-order valence-corrected chi connectivity index (χ4v) is 8.88. The Hall–Kier alpha value is -2.27. The molecule has 1 aliphatic rings. The predicted octanol–water partition coefficient (Wildman–Crippen LogP) is 8.23. The van der Waals surface area contributed by atoms with Gasteiger partial charge in [-0.25, -0.2) is 4.98 Å². The van der Waals surface area contributed by atoms with E-state index in [1.807, 2.05) is 49.1 Å². The average molecular weight is 625 g/mol. The SMILES string of the molecule is Cc1cc(OCc2c(Br)nc(SC3(C)C(C)(C)C(C)(C)C(C)(C)C3(C)C)n2-c2cccnc2)ccc1C#CCO. The second kappa shape index (κ2) is 10.5. The first kappa shape index (κ1) is 30.7. The van der Waals surface area contributed by atoms with E-state index in [1.165, 1.54) is 0 Å². The van der Waals surface area contributed by atoms with Crippen LogP contribution < -0.4 is 4.74 Å². The summed E-state index contributed by atoms with van der Waals surface area (Å²) in [6.45, 7) is 24.0. The van der Waals surface area contributed by atoms with Gasteiger partial charge in [0.05, 0.1) is 17.6 Å². The molecule has 1 fully saturated rings. The number of pyridine rings is 1. The van der Waals surface area contributed by atoms with Gasteiger partial charge in [-0.1, -0.05) is 79.0 Å². The minimum Gasteiger partial charge on any atom is -0.487 e. The molecule has 1 N–H and O–H groups in total. The summed E-state index contributed by atoms with van der Waals surface area (Å²) in [7, 11) is 0. The highest BCUT2D eigenvalue weighted by atomic mass is 79.9. The minimum atomic E-state index is -0.160. The number of hydrogen-bond donors (Lipinski definition) is 1. The number of hydrogen-bond acceptors (Lipinski definition) is 5. The van der Waals surface area contributed by atoms with Crippen molar-refractivity contribution in [2.24, 2.45) is 21.7 Å². The lowest BCUT2D eigenvalue weighted by atomic mass is 9.57. The Labute approximate surface area is 252 Å². The van der Waals surface area contributed by atoms with Gasteiger partial charge in [0, 0.05) is 16.5 Å². The normalized spacial score (nSPS) is 19.6. The summed E-state index contributed by atoms with van der Waals surface area (Å²) in [5.74, 6) is 6.44. The van der Waals surface area contributed by atoms with E-state index >= 15 is 0 Å². The number of aromatic nitrogens is 3. The Kier molecular flexibility index (Phi) is 8.08. The van der Waals surface area contributed by atoms with Crippen molar-refractivity contribution in [3.8, 4) is 23.3 Å². The summed E-state index contributed by atoms with van der Waals surface area (Å²) < 4.78 is 9.12. The van der Waals surface area contributed by atoms with Crippen LogP contribution in [0.15, 0.2) is 52.5 Å². The van der Waals surface area contributed by atoms with Gasteiger partial charge >= 0.3 is 0 Å². The van der Waals surface area contributed by atoms with E-state index in [0.29, 0.717) is 6.61 Å². The van der Waals surface area contributed by atoms with Crippen LogP contribution >= 0.6 is 27.7 Å².